The van der Waals surface area contributed by atoms with E-state index >= 15 is 0 Å². The molecule has 0 amide bonds. The van der Waals surface area contributed by atoms with Crippen LogP contribution in [0.4, 0.5) is 26.3 Å². The molecule has 0 saturated carbocycles. The summed E-state index contributed by atoms with van der Waals surface area (Å²) in [6.45, 7) is 1.13. The van der Waals surface area contributed by atoms with Crippen molar-refractivity contribution in [3.63, 3.8) is 0 Å². The van der Waals surface area contributed by atoms with Crippen LogP contribution in [0, 0.1) is 17.5 Å². The third-order valence-corrected chi connectivity index (χ3v) is 3.92. The third-order valence-electron chi connectivity index (χ3n) is 3.65. The molecule has 1 aromatic carbocycles. The van der Waals surface area contributed by atoms with E-state index in [1.807, 2.05) is 0 Å². The van der Waals surface area contributed by atoms with Gasteiger partial charge in [-0.1, -0.05) is 11.6 Å². The van der Waals surface area contributed by atoms with E-state index in [4.69, 9.17) is 11.6 Å². The maximum atomic E-state index is 14.2. The van der Waals surface area contributed by atoms with Crippen LogP contribution < -0.4 is 5.56 Å². The predicted molar refractivity (Wildman–Crippen MR) is 82.5 cm³/mol. The Morgan fingerprint density at radius 2 is 1.69 bits per heavy atom. The van der Waals surface area contributed by atoms with E-state index in [1.54, 1.807) is 0 Å². The number of benzene rings is 1. The van der Waals surface area contributed by atoms with E-state index in [9.17, 15) is 31.1 Å². The van der Waals surface area contributed by atoms with Crippen LogP contribution in [0.2, 0.25) is 5.02 Å². The first-order valence-electron chi connectivity index (χ1n) is 7.20. The molecule has 0 radical (unpaired) electrons. The standard InChI is InChI=1S/C16H12ClF6NO2/c1-3-24-13(12-10(19)4-7(18)5-11(12)20)8(6-9(17)15(24)25)14(26-2)16(21,22)23/h4-6,14H,3H2,1-2H3. The molecule has 0 fully saturated rings. The van der Waals surface area contributed by atoms with Gasteiger partial charge in [0, 0.05) is 31.4 Å². The summed E-state index contributed by atoms with van der Waals surface area (Å²) in [5.41, 5.74) is -3.42. The van der Waals surface area contributed by atoms with Crippen molar-refractivity contribution in [1.82, 2.24) is 4.57 Å². The van der Waals surface area contributed by atoms with Crippen molar-refractivity contribution in [2.24, 2.45) is 0 Å². The van der Waals surface area contributed by atoms with Crippen molar-refractivity contribution in [3.8, 4) is 11.3 Å². The van der Waals surface area contributed by atoms with Gasteiger partial charge in [-0.05, 0) is 13.0 Å². The minimum absolute atomic E-state index is 0.244. The molecule has 0 aliphatic rings. The van der Waals surface area contributed by atoms with E-state index in [-0.39, 0.29) is 6.54 Å². The Kier molecular flexibility index (Phi) is 5.72. The summed E-state index contributed by atoms with van der Waals surface area (Å²) in [5, 5.41) is -0.583. The van der Waals surface area contributed by atoms with E-state index in [0.717, 1.165) is 7.11 Å². The molecular weight excluding hydrogens is 388 g/mol. The van der Waals surface area contributed by atoms with Crippen LogP contribution in [0.3, 0.4) is 0 Å². The highest BCUT2D eigenvalue weighted by Gasteiger charge is 2.44. The van der Waals surface area contributed by atoms with Gasteiger partial charge >= 0.3 is 6.18 Å². The second-order valence-corrected chi connectivity index (χ2v) is 5.65. The van der Waals surface area contributed by atoms with Crippen LogP contribution in [-0.4, -0.2) is 17.9 Å². The third kappa shape index (κ3) is 3.59. The number of halogens is 7. The number of nitrogens with zero attached hydrogens (tertiary/aromatic N) is 1. The molecule has 10 heteroatoms. The normalized spacial score (nSPS) is 13.1. The second-order valence-electron chi connectivity index (χ2n) is 5.25. The monoisotopic (exact) mass is 399 g/mol. The number of methoxy groups -OCH3 is 1. The molecule has 0 spiro atoms. The summed E-state index contributed by atoms with van der Waals surface area (Å²) >= 11 is 5.71. The van der Waals surface area contributed by atoms with Crippen molar-refractivity contribution < 1.29 is 31.1 Å². The zero-order valence-electron chi connectivity index (χ0n) is 13.4. The lowest BCUT2D eigenvalue weighted by Crippen LogP contribution is -2.29. The number of alkyl halides is 3. The molecule has 0 N–H and O–H groups in total. The number of aromatic nitrogens is 1. The van der Waals surface area contributed by atoms with Crippen LogP contribution in [0.25, 0.3) is 11.3 Å². The van der Waals surface area contributed by atoms with Gasteiger partial charge in [0.15, 0.2) is 6.10 Å². The fourth-order valence-electron chi connectivity index (χ4n) is 2.64. The SMILES string of the molecule is CCn1c(-c2c(F)cc(F)cc2F)c(C(OC)C(F)(F)F)cc(Cl)c1=O. The van der Waals surface area contributed by atoms with E-state index < -0.39 is 57.1 Å². The van der Waals surface area contributed by atoms with Crippen molar-refractivity contribution in [2.75, 3.05) is 7.11 Å². The quantitative estimate of drug-likeness (QED) is 0.688. The van der Waals surface area contributed by atoms with Crippen molar-refractivity contribution >= 4 is 11.6 Å². The Balaban J connectivity index is 3.01. The molecule has 1 atom stereocenters. The molecule has 1 aromatic heterocycles. The lowest BCUT2D eigenvalue weighted by Gasteiger charge is -2.25. The van der Waals surface area contributed by atoms with Gasteiger partial charge < -0.3 is 9.30 Å². The van der Waals surface area contributed by atoms with E-state index in [1.165, 1.54) is 6.92 Å². The van der Waals surface area contributed by atoms with Crippen LogP contribution in [0.15, 0.2) is 23.0 Å². The van der Waals surface area contributed by atoms with Crippen molar-refractivity contribution in [3.05, 3.63) is 56.6 Å². The first-order valence-corrected chi connectivity index (χ1v) is 7.58. The van der Waals surface area contributed by atoms with Crippen LogP contribution in [0.5, 0.6) is 0 Å². The molecule has 2 aromatic rings. The Morgan fingerprint density at radius 3 is 2.12 bits per heavy atom. The highest BCUT2D eigenvalue weighted by molar-refractivity contribution is 6.30. The zero-order chi connectivity index (χ0) is 19.8. The number of hydrogen-bond acceptors (Lipinski definition) is 2. The predicted octanol–water partition coefficient (Wildman–Crippen LogP) is 4.86. The molecule has 0 bridgehead atoms. The highest BCUT2D eigenvalue weighted by atomic mass is 35.5. The Labute approximate surface area is 148 Å². The smallest absolute Gasteiger partial charge is 0.367 e. The van der Waals surface area contributed by atoms with Gasteiger partial charge in [-0.2, -0.15) is 13.2 Å². The van der Waals surface area contributed by atoms with Crippen molar-refractivity contribution in [2.45, 2.75) is 25.7 Å². The van der Waals surface area contributed by atoms with Gasteiger partial charge in [0.1, 0.15) is 22.5 Å². The summed E-state index contributed by atoms with van der Waals surface area (Å²) in [5.74, 6) is -4.20. The number of ether oxygens (including phenoxy) is 1. The Hall–Kier alpha value is -2.00. The van der Waals surface area contributed by atoms with Crippen LogP contribution >= 0.6 is 11.6 Å². The zero-order valence-corrected chi connectivity index (χ0v) is 14.2. The summed E-state index contributed by atoms with van der Waals surface area (Å²) in [4.78, 5) is 12.2. The molecule has 0 aliphatic heterocycles. The minimum Gasteiger partial charge on any atom is -0.367 e. The lowest BCUT2D eigenvalue weighted by molar-refractivity contribution is -0.215. The van der Waals surface area contributed by atoms with Gasteiger partial charge in [0.2, 0.25) is 0 Å². The average molecular weight is 400 g/mol. The molecule has 2 rings (SSSR count). The Bertz CT molecular complexity index is 871. The Morgan fingerprint density at radius 1 is 1.15 bits per heavy atom. The van der Waals surface area contributed by atoms with Crippen molar-refractivity contribution in [1.29, 1.82) is 0 Å². The van der Waals surface area contributed by atoms with Gasteiger partial charge in [0.25, 0.3) is 5.56 Å². The molecular formula is C16H12ClF6NO2. The molecule has 142 valence electrons. The van der Waals surface area contributed by atoms with Crippen LogP contribution in [-0.2, 0) is 11.3 Å². The largest absolute Gasteiger partial charge is 0.418 e. The molecule has 1 heterocycles. The lowest BCUT2D eigenvalue weighted by atomic mass is 9.99. The molecule has 26 heavy (non-hydrogen) atoms. The first kappa shape index (κ1) is 20.3. The van der Waals surface area contributed by atoms with Gasteiger partial charge in [0.05, 0.1) is 11.3 Å². The second kappa shape index (κ2) is 7.32. The van der Waals surface area contributed by atoms with E-state index in [0.29, 0.717) is 22.8 Å². The van der Waals surface area contributed by atoms with E-state index in [2.05, 4.69) is 4.74 Å². The fraction of sp³-hybridized carbons (Fsp3) is 0.312. The fourth-order valence-corrected chi connectivity index (χ4v) is 2.86. The van der Waals surface area contributed by atoms with Gasteiger partial charge in [-0.3, -0.25) is 4.79 Å². The summed E-state index contributed by atoms with van der Waals surface area (Å²) in [7, 11) is 0.745. The molecule has 0 saturated heterocycles. The topological polar surface area (TPSA) is 31.2 Å². The summed E-state index contributed by atoms with van der Waals surface area (Å²) in [6.07, 6.45) is -7.58. The number of hydrogen-bond donors (Lipinski definition) is 0. The number of rotatable bonds is 4. The summed E-state index contributed by atoms with van der Waals surface area (Å²) < 4.78 is 86.8. The maximum Gasteiger partial charge on any atom is 0.418 e. The molecule has 3 nitrogen and oxygen atoms in total. The summed E-state index contributed by atoms with van der Waals surface area (Å²) in [6, 6.07) is 1.25. The van der Waals surface area contributed by atoms with Crippen LogP contribution in [0.1, 0.15) is 18.6 Å². The minimum atomic E-state index is -4.96. The van der Waals surface area contributed by atoms with Gasteiger partial charge in [-0.15, -0.1) is 0 Å². The average Bonchev–Trinajstić information content (AvgIpc) is 2.50. The van der Waals surface area contributed by atoms with Gasteiger partial charge in [-0.25, -0.2) is 13.2 Å². The highest BCUT2D eigenvalue weighted by Crippen LogP contribution is 2.41. The molecule has 0 aliphatic carbocycles. The maximum absolute atomic E-state index is 14.2. The molecule has 1 unspecified atom stereocenters. The number of pyridine rings is 1. The first-order chi connectivity index (χ1) is 12.0.